The Morgan fingerprint density at radius 3 is 2.58 bits per heavy atom. The monoisotopic (exact) mass is 368 g/mol. The minimum Gasteiger partial charge on any atom is -0.465 e. The number of benzene rings is 1. The van der Waals surface area contributed by atoms with Crippen LogP contribution < -0.4 is 10.5 Å². The van der Waals surface area contributed by atoms with Gasteiger partial charge in [0.1, 0.15) is 9.77 Å². The molecule has 1 aromatic carbocycles. The average molecular weight is 368 g/mol. The molecule has 1 aromatic heterocycles. The highest BCUT2D eigenvalue weighted by Crippen LogP contribution is 2.35. The van der Waals surface area contributed by atoms with Crippen molar-refractivity contribution in [2.24, 2.45) is 5.73 Å². The lowest BCUT2D eigenvalue weighted by Crippen LogP contribution is -2.40. The van der Waals surface area contributed by atoms with Crippen molar-refractivity contribution in [3.8, 4) is 0 Å². The molecule has 130 valence electrons. The van der Waals surface area contributed by atoms with E-state index >= 15 is 0 Å². The van der Waals surface area contributed by atoms with Gasteiger partial charge >= 0.3 is 5.97 Å². The topological polar surface area (TPSA) is 98.5 Å². The number of thiophene rings is 1. The van der Waals surface area contributed by atoms with E-state index in [1.807, 2.05) is 6.07 Å². The highest BCUT2D eigenvalue weighted by molar-refractivity contribution is 7.90. The van der Waals surface area contributed by atoms with E-state index in [0.717, 1.165) is 28.9 Å². The van der Waals surface area contributed by atoms with Gasteiger partial charge in [-0.15, -0.1) is 11.3 Å². The largest absolute Gasteiger partial charge is 0.465 e. The first kappa shape index (κ1) is 17.3. The van der Waals surface area contributed by atoms with Crippen molar-refractivity contribution >= 4 is 37.4 Å². The number of esters is 1. The zero-order valence-corrected chi connectivity index (χ0v) is 15.0. The molecule has 0 atom stereocenters. The summed E-state index contributed by atoms with van der Waals surface area (Å²) in [7, 11) is -2.58. The second-order valence-corrected chi connectivity index (χ2v) is 8.68. The van der Waals surface area contributed by atoms with Gasteiger partial charge in [0.15, 0.2) is 0 Å². The van der Waals surface area contributed by atoms with Crippen molar-refractivity contribution in [3.63, 3.8) is 0 Å². The molecule has 0 aliphatic heterocycles. The Morgan fingerprint density at radius 1 is 1.25 bits per heavy atom. The number of nitrogens with one attached hydrogen (secondary N) is 1. The standard InChI is InChI=1S/C16H20N2O4S2/c1-22-16(19)14-15(12-4-2-3-5-13(12)23-14)24(20,21)18-11-8-6-10(17)7-9-11/h2-5,10-11,18H,6-9,17H2,1H3. The van der Waals surface area contributed by atoms with Gasteiger partial charge in [0.25, 0.3) is 0 Å². The molecule has 0 bridgehead atoms. The lowest BCUT2D eigenvalue weighted by Gasteiger charge is -2.26. The van der Waals surface area contributed by atoms with Gasteiger partial charge in [-0.3, -0.25) is 0 Å². The van der Waals surface area contributed by atoms with Crippen LogP contribution in [0.2, 0.25) is 0 Å². The summed E-state index contributed by atoms with van der Waals surface area (Å²) in [6, 6.07) is 7.06. The van der Waals surface area contributed by atoms with Crippen molar-refractivity contribution in [2.75, 3.05) is 7.11 Å². The van der Waals surface area contributed by atoms with E-state index in [4.69, 9.17) is 10.5 Å². The first-order valence-corrected chi connectivity index (χ1v) is 10.1. The number of nitrogens with two attached hydrogens (primary N) is 1. The molecule has 0 amide bonds. The first-order valence-electron chi connectivity index (χ1n) is 7.80. The van der Waals surface area contributed by atoms with Gasteiger partial charge in [0.2, 0.25) is 10.0 Å². The fourth-order valence-corrected chi connectivity index (χ4v) is 6.15. The third kappa shape index (κ3) is 3.32. The van der Waals surface area contributed by atoms with E-state index in [-0.39, 0.29) is 21.9 Å². The second-order valence-electron chi connectivity index (χ2n) is 5.98. The Morgan fingerprint density at radius 2 is 1.92 bits per heavy atom. The van der Waals surface area contributed by atoms with Crippen LogP contribution in [-0.4, -0.2) is 33.6 Å². The average Bonchev–Trinajstić information content (AvgIpc) is 2.96. The van der Waals surface area contributed by atoms with E-state index in [1.54, 1.807) is 18.2 Å². The van der Waals surface area contributed by atoms with E-state index in [0.29, 0.717) is 18.2 Å². The Labute approximate surface area is 145 Å². The molecule has 0 unspecified atom stereocenters. The van der Waals surface area contributed by atoms with Crippen LogP contribution >= 0.6 is 11.3 Å². The van der Waals surface area contributed by atoms with Crippen LogP contribution in [-0.2, 0) is 14.8 Å². The van der Waals surface area contributed by atoms with Crippen LogP contribution in [0.15, 0.2) is 29.2 Å². The molecule has 8 heteroatoms. The number of hydrogen-bond acceptors (Lipinski definition) is 6. The molecule has 1 aliphatic carbocycles. The molecular weight excluding hydrogens is 348 g/mol. The Bertz CT molecular complexity index is 852. The summed E-state index contributed by atoms with van der Waals surface area (Å²) in [5, 5.41) is 0.544. The first-order chi connectivity index (χ1) is 11.4. The molecular formula is C16H20N2O4S2. The minimum atomic E-state index is -3.83. The lowest BCUT2D eigenvalue weighted by molar-refractivity contribution is 0.0602. The smallest absolute Gasteiger partial charge is 0.349 e. The van der Waals surface area contributed by atoms with Crippen molar-refractivity contribution < 1.29 is 17.9 Å². The van der Waals surface area contributed by atoms with Crippen LogP contribution in [0, 0.1) is 0 Å². The maximum atomic E-state index is 13.0. The molecule has 0 radical (unpaired) electrons. The fraction of sp³-hybridized carbons (Fsp3) is 0.438. The van der Waals surface area contributed by atoms with Crippen LogP contribution in [0.5, 0.6) is 0 Å². The van der Waals surface area contributed by atoms with E-state index < -0.39 is 16.0 Å². The third-order valence-corrected chi connectivity index (χ3v) is 7.17. The van der Waals surface area contributed by atoms with Crippen molar-refractivity contribution in [2.45, 2.75) is 42.7 Å². The van der Waals surface area contributed by atoms with Crippen LogP contribution in [0.25, 0.3) is 10.1 Å². The summed E-state index contributed by atoms with van der Waals surface area (Å²) in [6.45, 7) is 0. The van der Waals surface area contributed by atoms with Gasteiger partial charge in [-0.1, -0.05) is 18.2 Å². The number of ether oxygens (including phenoxy) is 1. The highest BCUT2D eigenvalue weighted by atomic mass is 32.2. The molecule has 1 aliphatic rings. The molecule has 1 saturated carbocycles. The maximum absolute atomic E-state index is 13.0. The predicted molar refractivity (Wildman–Crippen MR) is 93.7 cm³/mol. The molecule has 0 saturated heterocycles. The molecule has 1 heterocycles. The summed E-state index contributed by atoms with van der Waals surface area (Å²) >= 11 is 1.13. The van der Waals surface area contributed by atoms with Gasteiger partial charge < -0.3 is 10.5 Å². The molecule has 24 heavy (non-hydrogen) atoms. The normalized spacial score (nSPS) is 21.8. The van der Waals surface area contributed by atoms with Gasteiger partial charge in [0.05, 0.1) is 7.11 Å². The molecule has 3 N–H and O–H groups in total. The molecule has 6 nitrogen and oxygen atoms in total. The number of rotatable bonds is 4. The van der Waals surface area contributed by atoms with E-state index in [2.05, 4.69) is 4.72 Å². The van der Waals surface area contributed by atoms with Crippen molar-refractivity contribution in [1.82, 2.24) is 4.72 Å². The molecule has 1 fully saturated rings. The van der Waals surface area contributed by atoms with Crippen molar-refractivity contribution in [3.05, 3.63) is 29.1 Å². The molecule has 0 spiro atoms. The number of carbonyl (C=O) groups excluding carboxylic acids is 1. The second kappa shape index (κ2) is 6.79. The van der Waals surface area contributed by atoms with E-state index in [1.165, 1.54) is 7.11 Å². The van der Waals surface area contributed by atoms with Crippen LogP contribution in [0.3, 0.4) is 0 Å². The van der Waals surface area contributed by atoms with Gasteiger partial charge in [-0.2, -0.15) is 0 Å². The number of carbonyl (C=O) groups is 1. The van der Waals surface area contributed by atoms with Gasteiger partial charge in [0, 0.05) is 22.2 Å². The lowest BCUT2D eigenvalue weighted by atomic mass is 9.93. The quantitative estimate of drug-likeness (QED) is 0.807. The number of methoxy groups -OCH3 is 1. The number of fused-ring (bicyclic) bond motifs is 1. The third-order valence-electron chi connectivity index (χ3n) is 4.28. The van der Waals surface area contributed by atoms with Crippen LogP contribution in [0.4, 0.5) is 0 Å². The Hall–Kier alpha value is -1.48. The summed E-state index contributed by atoms with van der Waals surface area (Å²) in [5.41, 5.74) is 5.87. The van der Waals surface area contributed by atoms with E-state index in [9.17, 15) is 13.2 Å². The SMILES string of the molecule is COC(=O)c1sc2ccccc2c1S(=O)(=O)NC1CCC(N)CC1. The predicted octanol–water partition coefficient (Wildman–Crippen LogP) is 2.24. The molecule has 2 aromatic rings. The minimum absolute atomic E-state index is 0.0184. The zero-order valence-electron chi connectivity index (χ0n) is 13.3. The maximum Gasteiger partial charge on any atom is 0.349 e. The Balaban J connectivity index is 2.01. The molecule has 3 rings (SSSR count). The highest BCUT2D eigenvalue weighted by Gasteiger charge is 2.31. The summed E-state index contributed by atoms with van der Waals surface area (Å²) < 4.78 is 34.2. The fourth-order valence-electron chi connectivity index (χ4n) is 3.03. The summed E-state index contributed by atoms with van der Waals surface area (Å²) in [5.74, 6) is -0.637. The summed E-state index contributed by atoms with van der Waals surface area (Å²) in [6.07, 6.45) is 2.99. The summed E-state index contributed by atoms with van der Waals surface area (Å²) in [4.78, 5) is 12.2. The van der Waals surface area contributed by atoms with Gasteiger partial charge in [-0.25, -0.2) is 17.9 Å². The van der Waals surface area contributed by atoms with Crippen molar-refractivity contribution in [1.29, 1.82) is 0 Å². The number of sulfonamides is 1. The van der Waals surface area contributed by atoms with Gasteiger partial charge in [-0.05, 0) is 31.7 Å². The number of hydrogen-bond donors (Lipinski definition) is 2. The zero-order chi connectivity index (χ0) is 17.3. The Kier molecular flexibility index (Phi) is 4.91. The van der Waals surface area contributed by atoms with Crippen LogP contribution in [0.1, 0.15) is 35.4 Å².